The highest BCUT2D eigenvalue weighted by Crippen LogP contribution is 2.23. The lowest BCUT2D eigenvalue weighted by Gasteiger charge is -2.20. The van der Waals surface area contributed by atoms with E-state index < -0.39 is 0 Å². The van der Waals surface area contributed by atoms with Gasteiger partial charge in [0, 0.05) is 21.5 Å². The van der Waals surface area contributed by atoms with Gasteiger partial charge in [-0.05, 0) is 37.3 Å². The van der Waals surface area contributed by atoms with Crippen LogP contribution in [0.1, 0.15) is 22.2 Å². The van der Waals surface area contributed by atoms with Crippen molar-refractivity contribution >= 4 is 44.8 Å². The van der Waals surface area contributed by atoms with Crippen LogP contribution in [0, 0.1) is 0 Å². The molecule has 0 unspecified atom stereocenters. The Hall–Kier alpha value is -0.840. The maximum atomic E-state index is 12.4. The molecule has 1 heterocycles. The zero-order valence-corrected chi connectivity index (χ0v) is 13.6. The number of hydrogen-bond acceptors (Lipinski definition) is 2. The van der Waals surface area contributed by atoms with Crippen molar-refractivity contribution in [2.75, 3.05) is 6.54 Å². The molecule has 0 radical (unpaired) electrons. The van der Waals surface area contributed by atoms with Gasteiger partial charge in [-0.15, -0.1) is 11.3 Å². The molecule has 100 valence electrons. The summed E-state index contributed by atoms with van der Waals surface area (Å²) in [5, 5.41) is 0. The summed E-state index contributed by atoms with van der Waals surface area (Å²) in [6, 6.07) is 11.3. The minimum atomic E-state index is 0.0355. The monoisotopic (exact) mass is 357 g/mol. The number of amides is 1. The fourth-order valence-electron chi connectivity index (χ4n) is 1.76. The first kappa shape index (κ1) is 14.6. The van der Waals surface area contributed by atoms with Gasteiger partial charge in [0.2, 0.25) is 0 Å². The number of thiophene rings is 1. The number of carbonyl (C=O) groups excluding carboxylic acids is 1. The quantitative estimate of drug-likeness (QED) is 0.767. The molecule has 0 bridgehead atoms. The van der Waals surface area contributed by atoms with Gasteiger partial charge in [-0.3, -0.25) is 4.79 Å². The summed E-state index contributed by atoms with van der Waals surface area (Å²) in [6.45, 7) is 3.24. The summed E-state index contributed by atoms with van der Waals surface area (Å²) in [7, 11) is 0. The Morgan fingerprint density at radius 3 is 2.74 bits per heavy atom. The van der Waals surface area contributed by atoms with E-state index in [2.05, 4.69) is 15.9 Å². The van der Waals surface area contributed by atoms with Crippen LogP contribution in [0.5, 0.6) is 0 Å². The number of benzene rings is 1. The fourth-order valence-corrected chi connectivity index (χ4v) is 3.26. The summed E-state index contributed by atoms with van der Waals surface area (Å²) < 4.78 is 1.66. The lowest BCUT2D eigenvalue weighted by atomic mass is 10.2. The van der Waals surface area contributed by atoms with Crippen LogP contribution >= 0.6 is 38.9 Å². The molecule has 1 amide bonds. The van der Waals surface area contributed by atoms with Gasteiger partial charge in [0.25, 0.3) is 5.91 Å². The van der Waals surface area contributed by atoms with Crippen molar-refractivity contribution in [1.29, 1.82) is 0 Å². The van der Waals surface area contributed by atoms with Gasteiger partial charge in [0.15, 0.2) is 0 Å². The summed E-state index contributed by atoms with van der Waals surface area (Å²) in [4.78, 5) is 15.3. The third-order valence-corrected chi connectivity index (χ3v) is 4.43. The van der Waals surface area contributed by atoms with Crippen molar-refractivity contribution in [3.63, 3.8) is 0 Å². The Morgan fingerprint density at radius 2 is 2.16 bits per heavy atom. The van der Waals surface area contributed by atoms with Crippen molar-refractivity contribution in [3.05, 3.63) is 55.6 Å². The van der Waals surface area contributed by atoms with Crippen molar-refractivity contribution in [3.8, 4) is 0 Å². The second-order valence-electron chi connectivity index (χ2n) is 4.04. The maximum Gasteiger partial charge on any atom is 0.254 e. The van der Waals surface area contributed by atoms with Crippen LogP contribution in [0.25, 0.3) is 0 Å². The van der Waals surface area contributed by atoms with E-state index in [0.717, 1.165) is 13.7 Å². The summed E-state index contributed by atoms with van der Waals surface area (Å²) >= 11 is 10.8. The topological polar surface area (TPSA) is 20.3 Å². The maximum absolute atomic E-state index is 12.4. The van der Waals surface area contributed by atoms with Crippen molar-refractivity contribution in [2.24, 2.45) is 0 Å². The Kier molecular flexibility index (Phi) is 5.02. The molecule has 0 saturated carbocycles. The van der Waals surface area contributed by atoms with Crippen molar-refractivity contribution < 1.29 is 4.79 Å². The molecule has 5 heteroatoms. The Balaban J connectivity index is 2.15. The average molecular weight is 359 g/mol. The van der Waals surface area contributed by atoms with Gasteiger partial charge in [-0.1, -0.05) is 33.6 Å². The van der Waals surface area contributed by atoms with Gasteiger partial charge in [0.1, 0.15) is 0 Å². The lowest BCUT2D eigenvalue weighted by Crippen LogP contribution is -2.29. The lowest BCUT2D eigenvalue weighted by molar-refractivity contribution is 0.0754. The summed E-state index contributed by atoms with van der Waals surface area (Å²) in [6.07, 6.45) is 0. The first-order valence-corrected chi connectivity index (χ1v) is 7.88. The van der Waals surface area contributed by atoms with E-state index in [4.69, 9.17) is 11.6 Å². The zero-order valence-electron chi connectivity index (χ0n) is 10.4. The first-order chi connectivity index (χ1) is 9.10. The van der Waals surface area contributed by atoms with Gasteiger partial charge < -0.3 is 4.90 Å². The van der Waals surface area contributed by atoms with Crippen LogP contribution in [-0.2, 0) is 6.54 Å². The molecule has 0 aliphatic carbocycles. The Bertz CT molecular complexity index is 584. The molecule has 0 N–H and O–H groups in total. The molecule has 2 aromatic rings. The molecule has 2 rings (SSSR count). The van der Waals surface area contributed by atoms with Gasteiger partial charge in [-0.25, -0.2) is 0 Å². The molecular weight excluding hydrogens is 346 g/mol. The molecule has 0 fully saturated rings. The minimum absolute atomic E-state index is 0.0355. The second-order valence-corrected chi connectivity index (χ2v) is 6.75. The van der Waals surface area contributed by atoms with E-state index >= 15 is 0 Å². The van der Waals surface area contributed by atoms with E-state index in [1.54, 1.807) is 0 Å². The standard InChI is InChI=1S/C14H13BrClNOS/c1-2-17(9-12-6-7-13(16)19-12)14(18)10-4-3-5-11(15)8-10/h3-8H,2,9H2,1H3. The molecule has 0 aliphatic heterocycles. The number of carbonyl (C=O) groups is 1. The Labute approximate surface area is 130 Å². The van der Waals surface area contributed by atoms with Gasteiger partial charge in [-0.2, -0.15) is 0 Å². The highest BCUT2D eigenvalue weighted by Gasteiger charge is 2.15. The van der Waals surface area contributed by atoms with Gasteiger partial charge >= 0.3 is 0 Å². The van der Waals surface area contributed by atoms with Crippen LogP contribution in [0.15, 0.2) is 40.9 Å². The minimum Gasteiger partial charge on any atom is -0.334 e. The molecule has 1 aromatic carbocycles. The molecule has 0 saturated heterocycles. The van der Waals surface area contributed by atoms with Crippen molar-refractivity contribution in [1.82, 2.24) is 4.90 Å². The summed E-state index contributed by atoms with van der Waals surface area (Å²) in [5.41, 5.74) is 0.693. The predicted molar refractivity (Wildman–Crippen MR) is 83.9 cm³/mol. The largest absolute Gasteiger partial charge is 0.334 e. The SMILES string of the molecule is CCN(Cc1ccc(Cl)s1)C(=O)c1cccc(Br)c1. The smallest absolute Gasteiger partial charge is 0.254 e. The van der Waals surface area contributed by atoms with Crippen molar-refractivity contribution in [2.45, 2.75) is 13.5 Å². The van der Waals surface area contributed by atoms with E-state index in [-0.39, 0.29) is 5.91 Å². The number of nitrogens with zero attached hydrogens (tertiary/aromatic N) is 1. The highest BCUT2D eigenvalue weighted by molar-refractivity contribution is 9.10. The fraction of sp³-hybridized carbons (Fsp3) is 0.214. The molecule has 19 heavy (non-hydrogen) atoms. The molecule has 0 aliphatic rings. The van der Waals surface area contributed by atoms with Crippen LogP contribution in [0.4, 0.5) is 0 Å². The zero-order chi connectivity index (χ0) is 13.8. The summed E-state index contributed by atoms with van der Waals surface area (Å²) in [5.74, 6) is 0.0355. The average Bonchev–Trinajstić information content (AvgIpc) is 2.81. The first-order valence-electron chi connectivity index (χ1n) is 5.89. The number of halogens is 2. The Morgan fingerprint density at radius 1 is 1.37 bits per heavy atom. The number of hydrogen-bond donors (Lipinski definition) is 0. The van der Waals surface area contributed by atoms with E-state index in [9.17, 15) is 4.79 Å². The van der Waals surface area contributed by atoms with E-state index in [0.29, 0.717) is 18.7 Å². The normalized spacial score (nSPS) is 10.5. The molecule has 1 aromatic heterocycles. The third-order valence-electron chi connectivity index (χ3n) is 2.72. The molecule has 0 spiro atoms. The van der Waals surface area contributed by atoms with Crippen LogP contribution < -0.4 is 0 Å². The third kappa shape index (κ3) is 3.81. The molecule has 2 nitrogen and oxygen atoms in total. The predicted octanol–water partition coefficient (Wildman–Crippen LogP) is 4.83. The number of rotatable bonds is 4. The van der Waals surface area contributed by atoms with Crippen LogP contribution in [-0.4, -0.2) is 17.4 Å². The highest BCUT2D eigenvalue weighted by atomic mass is 79.9. The molecule has 0 atom stereocenters. The second kappa shape index (κ2) is 6.55. The van der Waals surface area contributed by atoms with E-state index in [1.807, 2.05) is 48.2 Å². The van der Waals surface area contributed by atoms with Gasteiger partial charge in [0.05, 0.1) is 10.9 Å². The van der Waals surface area contributed by atoms with E-state index in [1.165, 1.54) is 11.3 Å². The molecular formula is C14H13BrClNOS. The van der Waals surface area contributed by atoms with Crippen LogP contribution in [0.2, 0.25) is 4.34 Å². The van der Waals surface area contributed by atoms with Crippen LogP contribution in [0.3, 0.4) is 0 Å².